The summed E-state index contributed by atoms with van der Waals surface area (Å²) in [6, 6.07) is 7.38. The summed E-state index contributed by atoms with van der Waals surface area (Å²) in [5, 5.41) is 10.3. The van der Waals surface area contributed by atoms with E-state index in [9.17, 15) is 14.3 Å². The number of aromatic nitrogens is 2. The maximum atomic E-state index is 13.5. The van der Waals surface area contributed by atoms with Gasteiger partial charge in [0.2, 0.25) is 5.75 Å². The molecule has 1 aliphatic heterocycles. The number of methoxy groups -OCH3 is 2. The lowest BCUT2D eigenvalue weighted by Gasteiger charge is -2.10. The number of phenolic OH excluding ortho intramolecular Hbond substituents is 1. The number of ether oxygens (including phenoxy) is 2. The molecule has 138 valence electrons. The molecule has 27 heavy (non-hydrogen) atoms. The van der Waals surface area contributed by atoms with Gasteiger partial charge in [-0.3, -0.25) is 9.36 Å². The zero-order valence-corrected chi connectivity index (χ0v) is 14.8. The van der Waals surface area contributed by atoms with Crippen molar-refractivity contribution in [1.82, 2.24) is 9.55 Å². The third-order valence-corrected chi connectivity index (χ3v) is 4.65. The van der Waals surface area contributed by atoms with Gasteiger partial charge in [0.05, 0.1) is 25.1 Å². The number of fused-ring (bicyclic) bond motifs is 2. The third kappa shape index (κ3) is 2.81. The zero-order chi connectivity index (χ0) is 19.1. The van der Waals surface area contributed by atoms with Crippen molar-refractivity contribution in [3.8, 4) is 17.2 Å². The van der Waals surface area contributed by atoms with E-state index in [2.05, 4.69) is 4.98 Å². The van der Waals surface area contributed by atoms with Crippen molar-refractivity contribution in [1.29, 1.82) is 0 Å². The highest BCUT2D eigenvalue weighted by Gasteiger charge is 2.21. The fraction of sp³-hybridized carbons (Fsp3) is 0.200. The summed E-state index contributed by atoms with van der Waals surface area (Å²) < 4.78 is 25.4. The Hall–Kier alpha value is -3.35. The molecule has 0 spiro atoms. The lowest BCUT2D eigenvalue weighted by Crippen LogP contribution is -2.20. The molecule has 0 atom stereocenters. The first kappa shape index (κ1) is 17.1. The quantitative estimate of drug-likeness (QED) is 0.769. The fourth-order valence-corrected chi connectivity index (χ4v) is 3.32. The Balaban J connectivity index is 1.87. The largest absolute Gasteiger partial charge is 0.502 e. The normalized spacial score (nSPS) is 14.6. The number of nitrogens with zero attached hydrogens (tertiary/aromatic N) is 2. The van der Waals surface area contributed by atoms with E-state index in [0.717, 1.165) is 11.1 Å². The van der Waals surface area contributed by atoms with E-state index >= 15 is 0 Å². The molecule has 0 amide bonds. The van der Waals surface area contributed by atoms with Crippen LogP contribution in [-0.2, 0) is 6.54 Å². The van der Waals surface area contributed by atoms with E-state index in [-0.39, 0.29) is 16.7 Å². The summed E-state index contributed by atoms with van der Waals surface area (Å²) in [6.07, 6.45) is 2.50. The number of rotatable bonds is 3. The Morgan fingerprint density at radius 2 is 1.89 bits per heavy atom. The third-order valence-electron chi connectivity index (χ3n) is 4.65. The monoisotopic (exact) mass is 368 g/mol. The fourth-order valence-electron chi connectivity index (χ4n) is 3.32. The van der Waals surface area contributed by atoms with Gasteiger partial charge in [0.1, 0.15) is 11.6 Å². The standard InChI is InChI=1S/C20H17FN2O4/c1-26-16-8-11(9-17(27-2)18(16)24)7-12-5-6-23-19(12)22-15-4-3-13(21)10-14(15)20(23)25/h3-4,7-10,24H,5-6H2,1-2H3/b12-7+. The van der Waals surface area contributed by atoms with Crippen molar-refractivity contribution >= 4 is 22.6 Å². The predicted molar refractivity (Wildman–Crippen MR) is 99.7 cm³/mol. The summed E-state index contributed by atoms with van der Waals surface area (Å²) in [6.45, 7) is 0.478. The molecule has 7 heteroatoms. The minimum atomic E-state index is -0.459. The highest BCUT2D eigenvalue weighted by Crippen LogP contribution is 2.38. The maximum absolute atomic E-state index is 13.5. The molecule has 0 saturated heterocycles. The van der Waals surface area contributed by atoms with Gasteiger partial charge in [-0.2, -0.15) is 0 Å². The number of phenols is 1. The van der Waals surface area contributed by atoms with E-state index in [4.69, 9.17) is 9.47 Å². The van der Waals surface area contributed by atoms with Gasteiger partial charge in [-0.1, -0.05) is 0 Å². The molecule has 1 aliphatic rings. The topological polar surface area (TPSA) is 73.6 Å². The molecule has 1 N–H and O–H groups in total. The van der Waals surface area contributed by atoms with E-state index in [0.29, 0.717) is 35.8 Å². The van der Waals surface area contributed by atoms with Crippen LogP contribution in [0.25, 0.3) is 22.6 Å². The van der Waals surface area contributed by atoms with Crippen LogP contribution in [0.3, 0.4) is 0 Å². The van der Waals surface area contributed by atoms with E-state index in [1.165, 1.54) is 32.4 Å². The number of allylic oxidation sites excluding steroid dienone is 1. The van der Waals surface area contributed by atoms with Gasteiger partial charge in [0.15, 0.2) is 11.5 Å². The number of hydrogen-bond acceptors (Lipinski definition) is 5. The van der Waals surface area contributed by atoms with Crippen LogP contribution in [0, 0.1) is 5.82 Å². The van der Waals surface area contributed by atoms with Crippen molar-refractivity contribution in [3.63, 3.8) is 0 Å². The van der Waals surface area contributed by atoms with Crippen LogP contribution in [0.1, 0.15) is 17.8 Å². The van der Waals surface area contributed by atoms with Crippen LogP contribution < -0.4 is 15.0 Å². The Labute approximate surface area is 154 Å². The second-order valence-corrected chi connectivity index (χ2v) is 6.25. The van der Waals surface area contributed by atoms with Gasteiger partial charge < -0.3 is 14.6 Å². The maximum Gasteiger partial charge on any atom is 0.261 e. The minimum Gasteiger partial charge on any atom is -0.502 e. The summed E-state index contributed by atoms with van der Waals surface area (Å²) in [5.41, 5.74) is 1.83. The average Bonchev–Trinajstić information content (AvgIpc) is 3.06. The molecular weight excluding hydrogens is 351 g/mol. The lowest BCUT2D eigenvalue weighted by molar-refractivity contribution is 0.340. The molecule has 2 aromatic carbocycles. The molecule has 0 radical (unpaired) electrons. The first-order valence-electron chi connectivity index (χ1n) is 8.38. The molecular formula is C20H17FN2O4. The lowest BCUT2D eigenvalue weighted by atomic mass is 10.1. The highest BCUT2D eigenvalue weighted by molar-refractivity contribution is 5.85. The van der Waals surface area contributed by atoms with Gasteiger partial charge in [0, 0.05) is 6.54 Å². The Morgan fingerprint density at radius 1 is 1.19 bits per heavy atom. The number of aromatic hydroxyl groups is 1. The summed E-state index contributed by atoms with van der Waals surface area (Å²) >= 11 is 0. The van der Waals surface area contributed by atoms with Crippen molar-refractivity contribution in [2.75, 3.05) is 14.2 Å². The second-order valence-electron chi connectivity index (χ2n) is 6.25. The van der Waals surface area contributed by atoms with Crippen LogP contribution in [0.2, 0.25) is 0 Å². The highest BCUT2D eigenvalue weighted by atomic mass is 19.1. The number of hydrogen-bond donors (Lipinski definition) is 1. The van der Waals surface area contributed by atoms with Crippen molar-refractivity contribution < 1.29 is 19.0 Å². The Bertz CT molecular complexity index is 1130. The molecule has 4 rings (SSSR count). The molecule has 0 saturated carbocycles. The Kier molecular flexibility index (Phi) is 4.07. The molecule has 0 unspecified atom stereocenters. The first-order chi connectivity index (χ1) is 13.0. The average molecular weight is 368 g/mol. The minimum absolute atomic E-state index is 0.0728. The summed E-state index contributed by atoms with van der Waals surface area (Å²) in [7, 11) is 2.92. The summed E-state index contributed by atoms with van der Waals surface area (Å²) in [4.78, 5) is 17.2. The van der Waals surface area contributed by atoms with Crippen molar-refractivity contribution in [2.45, 2.75) is 13.0 Å². The van der Waals surface area contributed by atoms with E-state index in [1.807, 2.05) is 6.08 Å². The second kappa shape index (κ2) is 6.42. The molecule has 6 nitrogen and oxygen atoms in total. The van der Waals surface area contributed by atoms with Crippen LogP contribution in [0.5, 0.6) is 17.2 Å². The van der Waals surface area contributed by atoms with Crippen LogP contribution >= 0.6 is 0 Å². The molecule has 3 aromatic rings. The zero-order valence-electron chi connectivity index (χ0n) is 14.8. The van der Waals surface area contributed by atoms with Gasteiger partial charge in [0.25, 0.3) is 5.56 Å². The van der Waals surface area contributed by atoms with Crippen LogP contribution in [0.15, 0.2) is 35.1 Å². The van der Waals surface area contributed by atoms with Gasteiger partial charge in [-0.25, -0.2) is 9.37 Å². The SMILES string of the molecule is COc1cc(/C=C2\CCn3c2nc2ccc(F)cc2c3=O)cc(OC)c1O. The summed E-state index contributed by atoms with van der Waals surface area (Å²) in [5.74, 6) is 0.609. The smallest absolute Gasteiger partial charge is 0.261 e. The van der Waals surface area contributed by atoms with Gasteiger partial charge >= 0.3 is 0 Å². The van der Waals surface area contributed by atoms with Gasteiger partial charge in [-0.15, -0.1) is 0 Å². The van der Waals surface area contributed by atoms with E-state index < -0.39 is 5.82 Å². The van der Waals surface area contributed by atoms with Crippen LogP contribution in [0.4, 0.5) is 4.39 Å². The number of halogens is 1. The number of benzene rings is 2. The molecule has 1 aromatic heterocycles. The molecule has 0 fully saturated rings. The van der Waals surface area contributed by atoms with Gasteiger partial charge in [-0.05, 0) is 54.0 Å². The molecule has 2 heterocycles. The first-order valence-corrected chi connectivity index (χ1v) is 8.38. The molecule has 0 bridgehead atoms. The molecule has 0 aliphatic carbocycles. The predicted octanol–water partition coefficient (Wildman–Crippen LogP) is 3.20. The van der Waals surface area contributed by atoms with E-state index in [1.54, 1.807) is 16.7 Å². The van der Waals surface area contributed by atoms with Crippen molar-refractivity contribution in [3.05, 3.63) is 57.9 Å². The Morgan fingerprint density at radius 3 is 2.56 bits per heavy atom. The van der Waals surface area contributed by atoms with Crippen LogP contribution in [-0.4, -0.2) is 28.9 Å². The van der Waals surface area contributed by atoms with Crippen molar-refractivity contribution in [2.24, 2.45) is 0 Å².